The molecule has 2 atom stereocenters. The number of fused-ring (bicyclic) bond motifs is 1. The largest absolute Gasteiger partial charge is 0.444 e. The Labute approximate surface area is 156 Å². The lowest BCUT2D eigenvalue weighted by molar-refractivity contribution is -0.136. The smallest absolute Gasteiger partial charge is 0.410 e. The van der Waals surface area contributed by atoms with E-state index < -0.39 is 5.60 Å². The van der Waals surface area contributed by atoms with Crippen LogP contribution in [0.3, 0.4) is 0 Å². The Balaban J connectivity index is 1.56. The highest BCUT2D eigenvalue weighted by molar-refractivity contribution is 5.78. The van der Waals surface area contributed by atoms with E-state index in [0.29, 0.717) is 32.0 Å². The summed E-state index contributed by atoms with van der Waals surface area (Å²) < 4.78 is 5.45. The molecular formula is C21H30N2O3. The Morgan fingerprint density at radius 1 is 1.19 bits per heavy atom. The van der Waals surface area contributed by atoms with Gasteiger partial charge in [-0.2, -0.15) is 0 Å². The summed E-state index contributed by atoms with van der Waals surface area (Å²) in [7, 11) is 0. The predicted molar refractivity (Wildman–Crippen MR) is 101 cm³/mol. The fourth-order valence-electron chi connectivity index (χ4n) is 4.01. The molecule has 1 heterocycles. The number of piperazine rings is 1. The second kappa shape index (κ2) is 7.29. The molecule has 0 N–H and O–H groups in total. The van der Waals surface area contributed by atoms with Gasteiger partial charge in [-0.25, -0.2) is 4.79 Å². The molecule has 1 saturated heterocycles. The zero-order chi connectivity index (χ0) is 18.9. The highest BCUT2D eigenvalue weighted by Gasteiger charge is 2.33. The van der Waals surface area contributed by atoms with Crippen molar-refractivity contribution in [2.75, 3.05) is 19.6 Å². The van der Waals surface area contributed by atoms with Crippen LogP contribution in [0.5, 0.6) is 0 Å². The highest BCUT2D eigenvalue weighted by Crippen LogP contribution is 2.35. The SMILES string of the molecule is CC1CN(C(=O)OC(C)(C)C)CCN1C(=O)CC1CCc2ccccc21. The van der Waals surface area contributed by atoms with E-state index in [1.807, 2.05) is 32.6 Å². The van der Waals surface area contributed by atoms with Gasteiger partial charge >= 0.3 is 6.09 Å². The molecule has 2 unspecified atom stereocenters. The molecule has 1 aliphatic heterocycles. The average Bonchev–Trinajstić information content (AvgIpc) is 2.96. The monoisotopic (exact) mass is 358 g/mol. The molecule has 0 spiro atoms. The van der Waals surface area contributed by atoms with Crippen molar-refractivity contribution >= 4 is 12.0 Å². The maximum atomic E-state index is 12.9. The number of rotatable bonds is 2. The fourth-order valence-corrected chi connectivity index (χ4v) is 4.01. The standard InChI is InChI=1S/C21H30N2O3/c1-15-14-22(20(25)26-21(2,3)4)11-12-23(15)19(24)13-17-10-9-16-7-5-6-8-18(16)17/h5-8,15,17H,9-14H2,1-4H3. The third kappa shape index (κ3) is 4.19. The van der Waals surface area contributed by atoms with Crippen molar-refractivity contribution in [1.82, 2.24) is 9.80 Å². The first-order valence-electron chi connectivity index (χ1n) is 9.60. The van der Waals surface area contributed by atoms with Gasteiger partial charge in [-0.3, -0.25) is 4.79 Å². The second-order valence-corrected chi connectivity index (χ2v) is 8.50. The van der Waals surface area contributed by atoms with Crippen molar-refractivity contribution in [3.63, 3.8) is 0 Å². The molecule has 0 radical (unpaired) electrons. The lowest BCUT2D eigenvalue weighted by Gasteiger charge is -2.40. The van der Waals surface area contributed by atoms with Crippen molar-refractivity contribution in [3.05, 3.63) is 35.4 Å². The molecule has 1 aromatic rings. The first-order valence-corrected chi connectivity index (χ1v) is 9.60. The number of hydrogen-bond donors (Lipinski definition) is 0. The molecule has 1 aromatic carbocycles. The van der Waals surface area contributed by atoms with Crippen LogP contribution in [0.15, 0.2) is 24.3 Å². The summed E-state index contributed by atoms with van der Waals surface area (Å²) in [6.45, 7) is 9.26. The van der Waals surface area contributed by atoms with Crippen molar-refractivity contribution in [2.45, 2.75) is 64.5 Å². The normalized spacial score (nSPS) is 22.9. The number of hydrogen-bond acceptors (Lipinski definition) is 3. The molecule has 2 amide bonds. The molecule has 2 aliphatic rings. The van der Waals surface area contributed by atoms with Crippen molar-refractivity contribution in [3.8, 4) is 0 Å². The molecule has 1 fully saturated rings. The Bertz CT molecular complexity index is 680. The molecule has 5 heteroatoms. The van der Waals surface area contributed by atoms with Crippen LogP contribution in [0.25, 0.3) is 0 Å². The number of amides is 2. The minimum absolute atomic E-state index is 0.0143. The van der Waals surface area contributed by atoms with Crippen LogP contribution < -0.4 is 0 Å². The van der Waals surface area contributed by atoms with E-state index in [0.717, 1.165) is 12.8 Å². The van der Waals surface area contributed by atoms with Gasteiger partial charge in [0, 0.05) is 32.1 Å². The van der Waals surface area contributed by atoms with Crippen LogP contribution in [0.2, 0.25) is 0 Å². The third-order valence-corrected chi connectivity index (χ3v) is 5.28. The number of ether oxygens (including phenoxy) is 1. The Kier molecular flexibility index (Phi) is 5.26. The molecule has 3 rings (SSSR count). The molecular weight excluding hydrogens is 328 g/mol. The average molecular weight is 358 g/mol. The maximum absolute atomic E-state index is 12.9. The molecule has 0 saturated carbocycles. The third-order valence-electron chi connectivity index (χ3n) is 5.28. The second-order valence-electron chi connectivity index (χ2n) is 8.50. The van der Waals surface area contributed by atoms with E-state index in [-0.39, 0.29) is 18.0 Å². The number of nitrogens with zero attached hydrogens (tertiary/aromatic N) is 2. The van der Waals surface area contributed by atoms with Gasteiger partial charge in [0.25, 0.3) is 0 Å². The van der Waals surface area contributed by atoms with Crippen molar-refractivity contribution < 1.29 is 14.3 Å². The van der Waals surface area contributed by atoms with E-state index in [9.17, 15) is 9.59 Å². The number of carbonyl (C=O) groups is 2. The van der Waals surface area contributed by atoms with Crippen LogP contribution >= 0.6 is 0 Å². The summed E-state index contributed by atoms with van der Waals surface area (Å²) >= 11 is 0. The molecule has 0 bridgehead atoms. The van der Waals surface area contributed by atoms with Crippen LogP contribution in [-0.2, 0) is 16.0 Å². The molecule has 0 aromatic heterocycles. The van der Waals surface area contributed by atoms with Crippen LogP contribution in [0.1, 0.15) is 57.6 Å². The summed E-state index contributed by atoms with van der Waals surface area (Å²) in [4.78, 5) is 28.8. The summed E-state index contributed by atoms with van der Waals surface area (Å²) in [5, 5.41) is 0. The number of aryl methyl sites for hydroxylation is 1. The lowest BCUT2D eigenvalue weighted by atomic mass is 9.96. The molecule has 5 nitrogen and oxygen atoms in total. The Hall–Kier alpha value is -2.04. The van der Waals surface area contributed by atoms with Gasteiger partial charge in [-0.1, -0.05) is 24.3 Å². The van der Waals surface area contributed by atoms with E-state index in [4.69, 9.17) is 4.74 Å². The highest BCUT2D eigenvalue weighted by atomic mass is 16.6. The van der Waals surface area contributed by atoms with Crippen LogP contribution in [0.4, 0.5) is 4.79 Å². The Morgan fingerprint density at radius 2 is 1.92 bits per heavy atom. The minimum atomic E-state index is -0.497. The van der Waals surface area contributed by atoms with Gasteiger partial charge in [-0.15, -0.1) is 0 Å². The maximum Gasteiger partial charge on any atom is 0.410 e. The van der Waals surface area contributed by atoms with Crippen LogP contribution in [-0.4, -0.2) is 53.1 Å². The van der Waals surface area contributed by atoms with Crippen molar-refractivity contribution in [2.24, 2.45) is 0 Å². The van der Waals surface area contributed by atoms with Gasteiger partial charge in [0.15, 0.2) is 0 Å². The Morgan fingerprint density at radius 3 is 2.62 bits per heavy atom. The molecule has 142 valence electrons. The van der Waals surface area contributed by atoms with Crippen LogP contribution in [0, 0.1) is 0 Å². The minimum Gasteiger partial charge on any atom is -0.444 e. The van der Waals surface area contributed by atoms with Gasteiger partial charge in [0.2, 0.25) is 5.91 Å². The van der Waals surface area contributed by atoms with Gasteiger partial charge < -0.3 is 14.5 Å². The fraction of sp³-hybridized carbons (Fsp3) is 0.619. The zero-order valence-electron chi connectivity index (χ0n) is 16.3. The number of benzene rings is 1. The quantitative estimate of drug-likeness (QED) is 0.812. The molecule has 26 heavy (non-hydrogen) atoms. The van der Waals surface area contributed by atoms with Gasteiger partial charge in [0.05, 0.1) is 0 Å². The summed E-state index contributed by atoms with van der Waals surface area (Å²) in [6, 6.07) is 8.47. The van der Waals surface area contributed by atoms with E-state index in [1.165, 1.54) is 11.1 Å². The summed E-state index contributed by atoms with van der Waals surface area (Å²) in [5.74, 6) is 0.526. The van der Waals surface area contributed by atoms with Gasteiger partial charge in [-0.05, 0) is 57.6 Å². The first kappa shape index (κ1) is 18.7. The van der Waals surface area contributed by atoms with E-state index in [1.54, 1.807) is 4.90 Å². The zero-order valence-corrected chi connectivity index (χ0v) is 16.3. The summed E-state index contributed by atoms with van der Waals surface area (Å²) in [6.07, 6.45) is 2.39. The topological polar surface area (TPSA) is 49.9 Å². The van der Waals surface area contributed by atoms with Gasteiger partial charge in [0.1, 0.15) is 5.60 Å². The lowest BCUT2D eigenvalue weighted by Crippen LogP contribution is -2.56. The van der Waals surface area contributed by atoms with E-state index in [2.05, 4.69) is 24.3 Å². The predicted octanol–water partition coefficient (Wildman–Crippen LogP) is 3.57. The molecule has 1 aliphatic carbocycles. The summed E-state index contributed by atoms with van der Waals surface area (Å²) in [5.41, 5.74) is 2.22. The van der Waals surface area contributed by atoms with E-state index >= 15 is 0 Å². The first-order chi connectivity index (χ1) is 12.2. The van der Waals surface area contributed by atoms with Crippen molar-refractivity contribution in [1.29, 1.82) is 0 Å². The number of carbonyl (C=O) groups excluding carboxylic acids is 2.